The minimum absolute atomic E-state index is 0.419. The van der Waals surface area contributed by atoms with E-state index in [4.69, 9.17) is 10.00 Å². The van der Waals surface area contributed by atoms with Gasteiger partial charge in [0.1, 0.15) is 17.4 Å². The minimum Gasteiger partial charge on any atom is -0.486 e. The molecule has 86 valence electrons. The molecule has 0 aliphatic carbocycles. The Balaban J connectivity index is 1.95. The molecule has 0 atom stereocenters. The average Bonchev–Trinajstić information content (AvgIpc) is 2.75. The maximum atomic E-state index is 8.57. The van der Waals surface area contributed by atoms with Gasteiger partial charge in [-0.15, -0.1) is 11.3 Å². The van der Waals surface area contributed by atoms with Gasteiger partial charge in [0.05, 0.1) is 12.5 Å². The van der Waals surface area contributed by atoms with Gasteiger partial charge < -0.3 is 4.74 Å². The second kappa shape index (κ2) is 5.46. The smallest absolute Gasteiger partial charge is 0.140 e. The summed E-state index contributed by atoms with van der Waals surface area (Å²) in [6, 6.07) is 10.0. The number of aryl methyl sites for hydroxylation is 1. The van der Waals surface area contributed by atoms with Crippen molar-refractivity contribution in [1.29, 1.82) is 5.26 Å². The van der Waals surface area contributed by atoms with Gasteiger partial charge in [0.2, 0.25) is 0 Å². The Kier molecular flexibility index (Phi) is 3.73. The summed E-state index contributed by atoms with van der Waals surface area (Å²) in [5, 5.41) is 9.46. The molecule has 0 bridgehead atoms. The van der Waals surface area contributed by atoms with Crippen LogP contribution in [0, 0.1) is 18.3 Å². The number of nitriles is 1. The van der Waals surface area contributed by atoms with Crippen molar-refractivity contribution in [2.24, 2.45) is 0 Å². The Morgan fingerprint density at radius 1 is 1.47 bits per heavy atom. The Morgan fingerprint density at radius 2 is 2.35 bits per heavy atom. The van der Waals surface area contributed by atoms with Crippen LogP contribution in [0.5, 0.6) is 5.75 Å². The van der Waals surface area contributed by atoms with Crippen molar-refractivity contribution < 1.29 is 4.74 Å². The van der Waals surface area contributed by atoms with Crippen LogP contribution >= 0.6 is 11.3 Å². The van der Waals surface area contributed by atoms with E-state index < -0.39 is 0 Å². The van der Waals surface area contributed by atoms with Crippen LogP contribution in [0.2, 0.25) is 0 Å². The SMILES string of the molecule is Cc1cccc(OCc2ncc(CC#N)s2)c1. The van der Waals surface area contributed by atoms with Gasteiger partial charge in [0.25, 0.3) is 0 Å². The quantitative estimate of drug-likeness (QED) is 0.830. The molecule has 0 saturated heterocycles. The molecule has 1 aromatic carbocycles. The van der Waals surface area contributed by atoms with E-state index in [1.807, 2.05) is 31.2 Å². The third-order valence-corrected chi connectivity index (χ3v) is 3.18. The highest BCUT2D eigenvalue weighted by Crippen LogP contribution is 2.17. The first-order valence-corrected chi connectivity index (χ1v) is 6.09. The standard InChI is InChI=1S/C13H12N2OS/c1-10-3-2-4-11(7-10)16-9-13-15-8-12(17-13)5-6-14/h2-4,7-8H,5,9H2,1H3. The Labute approximate surface area is 104 Å². The maximum absolute atomic E-state index is 8.57. The number of aromatic nitrogens is 1. The Morgan fingerprint density at radius 3 is 3.12 bits per heavy atom. The lowest BCUT2D eigenvalue weighted by Gasteiger charge is -2.04. The first-order chi connectivity index (χ1) is 8.28. The second-order valence-electron chi connectivity index (χ2n) is 3.66. The fourth-order valence-electron chi connectivity index (χ4n) is 1.42. The van der Waals surface area contributed by atoms with Crippen LogP contribution in [-0.2, 0) is 13.0 Å². The molecule has 0 aliphatic heterocycles. The molecule has 0 radical (unpaired) electrons. The van der Waals surface area contributed by atoms with Crippen LogP contribution in [0.1, 0.15) is 15.4 Å². The van der Waals surface area contributed by atoms with Crippen LogP contribution < -0.4 is 4.74 Å². The highest BCUT2D eigenvalue weighted by Gasteiger charge is 2.02. The zero-order chi connectivity index (χ0) is 12.1. The maximum Gasteiger partial charge on any atom is 0.140 e. The third-order valence-electron chi connectivity index (χ3n) is 2.21. The lowest BCUT2D eigenvalue weighted by molar-refractivity contribution is 0.305. The topological polar surface area (TPSA) is 45.9 Å². The van der Waals surface area contributed by atoms with E-state index in [9.17, 15) is 0 Å². The molecule has 2 aromatic rings. The van der Waals surface area contributed by atoms with Crippen molar-refractivity contribution in [3.8, 4) is 11.8 Å². The van der Waals surface area contributed by atoms with Gasteiger partial charge in [-0.25, -0.2) is 4.98 Å². The summed E-state index contributed by atoms with van der Waals surface area (Å²) >= 11 is 1.52. The van der Waals surface area contributed by atoms with E-state index in [-0.39, 0.29) is 0 Å². The van der Waals surface area contributed by atoms with Crippen LogP contribution in [0.15, 0.2) is 30.5 Å². The number of nitrogens with zero attached hydrogens (tertiary/aromatic N) is 2. The summed E-state index contributed by atoms with van der Waals surface area (Å²) in [5.74, 6) is 0.849. The fourth-order valence-corrected chi connectivity index (χ4v) is 2.19. The fraction of sp³-hybridized carbons (Fsp3) is 0.231. The van der Waals surface area contributed by atoms with Crippen molar-refractivity contribution >= 4 is 11.3 Å². The predicted octanol–water partition coefficient (Wildman–Crippen LogP) is 3.10. The molecule has 0 amide bonds. The van der Waals surface area contributed by atoms with Crippen LogP contribution in [0.25, 0.3) is 0 Å². The molecule has 4 heteroatoms. The molecule has 3 nitrogen and oxygen atoms in total. The van der Waals surface area contributed by atoms with Gasteiger partial charge in [-0.1, -0.05) is 12.1 Å². The Hall–Kier alpha value is -1.86. The second-order valence-corrected chi connectivity index (χ2v) is 4.86. The summed E-state index contributed by atoms with van der Waals surface area (Å²) in [6.07, 6.45) is 2.16. The van der Waals surface area contributed by atoms with E-state index in [0.29, 0.717) is 13.0 Å². The lowest BCUT2D eigenvalue weighted by atomic mass is 10.2. The molecule has 0 spiro atoms. The van der Waals surface area contributed by atoms with Crippen LogP contribution in [0.3, 0.4) is 0 Å². The van der Waals surface area contributed by atoms with E-state index in [0.717, 1.165) is 15.6 Å². The molecule has 1 aromatic heterocycles. The summed E-state index contributed by atoms with van der Waals surface area (Å²) in [7, 11) is 0. The molecule has 1 heterocycles. The predicted molar refractivity (Wildman–Crippen MR) is 66.9 cm³/mol. The van der Waals surface area contributed by atoms with E-state index >= 15 is 0 Å². The highest BCUT2D eigenvalue weighted by atomic mass is 32.1. The van der Waals surface area contributed by atoms with E-state index in [1.165, 1.54) is 16.9 Å². The number of thiazole rings is 1. The summed E-state index contributed by atoms with van der Waals surface area (Å²) < 4.78 is 5.63. The van der Waals surface area contributed by atoms with Crippen molar-refractivity contribution in [2.45, 2.75) is 20.0 Å². The third kappa shape index (κ3) is 3.30. The molecule has 0 N–H and O–H groups in total. The van der Waals surface area contributed by atoms with Crippen molar-refractivity contribution in [3.05, 3.63) is 45.9 Å². The lowest BCUT2D eigenvalue weighted by Crippen LogP contribution is -1.94. The molecule has 0 aliphatic rings. The number of hydrogen-bond acceptors (Lipinski definition) is 4. The van der Waals surface area contributed by atoms with Crippen molar-refractivity contribution in [2.75, 3.05) is 0 Å². The minimum atomic E-state index is 0.419. The normalized spacial score (nSPS) is 9.88. The largest absolute Gasteiger partial charge is 0.486 e. The summed E-state index contributed by atoms with van der Waals surface area (Å²) in [5.41, 5.74) is 1.17. The molecule has 0 unspecified atom stereocenters. The van der Waals surface area contributed by atoms with E-state index in [2.05, 4.69) is 11.1 Å². The van der Waals surface area contributed by atoms with Gasteiger partial charge in [0.15, 0.2) is 0 Å². The molecular weight excluding hydrogens is 232 g/mol. The molecule has 17 heavy (non-hydrogen) atoms. The highest BCUT2D eigenvalue weighted by molar-refractivity contribution is 7.11. The van der Waals surface area contributed by atoms with Gasteiger partial charge in [-0.2, -0.15) is 5.26 Å². The number of ether oxygens (including phenoxy) is 1. The van der Waals surface area contributed by atoms with Crippen molar-refractivity contribution in [3.63, 3.8) is 0 Å². The van der Waals surface area contributed by atoms with E-state index in [1.54, 1.807) is 6.20 Å². The molecular formula is C13H12N2OS. The van der Waals surface area contributed by atoms with Gasteiger partial charge in [0, 0.05) is 11.1 Å². The van der Waals surface area contributed by atoms with Crippen LogP contribution in [-0.4, -0.2) is 4.98 Å². The number of rotatable bonds is 4. The Bertz CT molecular complexity index is 542. The van der Waals surface area contributed by atoms with Crippen LogP contribution in [0.4, 0.5) is 0 Å². The van der Waals surface area contributed by atoms with Gasteiger partial charge in [-0.3, -0.25) is 0 Å². The van der Waals surface area contributed by atoms with Crippen molar-refractivity contribution in [1.82, 2.24) is 4.98 Å². The average molecular weight is 244 g/mol. The molecule has 2 rings (SSSR count). The molecule has 0 fully saturated rings. The number of hydrogen-bond donors (Lipinski definition) is 0. The van der Waals surface area contributed by atoms with Gasteiger partial charge >= 0.3 is 0 Å². The summed E-state index contributed by atoms with van der Waals surface area (Å²) in [4.78, 5) is 5.20. The summed E-state index contributed by atoms with van der Waals surface area (Å²) in [6.45, 7) is 2.49. The molecule has 0 saturated carbocycles. The number of benzene rings is 1. The zero-order valence-corrected chi connectivity index (χ0v) is 10.3. The van der Waals surface area contributed by atoms with Gasteiger partial charge in [-0.05, 0) is 24.6 Å². The monoisotopic (exact) mass is 244 g/mol. The first kappa shape index (κ1) is 11.6. The first-order valence-electron chi connectivity index (χ1n) is 5.28. The zero-order valence-electron chi connectivity index (χ0n) is 9.51.